The first-order chi connectivity index (χ1) is 14.7. The minimum absolute atomic E-state index is 0.304. The second kappa shape index (κ2) is 8.77. The highest BCUT2D eigenvalue weighted by Crippen LogP contribution is 2.40. The van der Waals surface area contributed by atoms with E-state index in [1.807, 2.05) is 6.07 Å². The maximum atomic E-state index is 14.1. The second-order valence-electron chi connectivity index (χ2n) is 9.01. The third kappa shape index (κ3) is 4.32. The monoisotopic (exact) mass is 430 g/mol. The molecule has 3 atom stereocenters. The Bertz CT molecular complexity index is 840. The lowest BCUT2D eigenvalue weighted by atomic mass is 10.00. The summed E-state index contributed by atoms with van der Waals surface area (Å²) in [6.45, 7) is 5.54. The molecule has 3 aliphatic rings. The molecule has 0 radical (unpaired) electrons. The van der Waals surface area contributed by atoms with Crippen LogP contribution in [0.15, 0.2) is 30.3 Å². The average Bonchev–Trinajstić information content (AvgIpc) is 3.28. The normalized spacial score (nSPS) is 27.3. The molecule has 5 rings (SSSR count). The lowest BCUT2D eigenvalue weighted by Crippen LogP contribution is -2.32. The van der Waals surface area contributed by atoms with Crippen molar-refractivity contribution in [2.75, 3.05) is 38.2 Å². The van der Waals surface area contributed by atoms with Crippen molar-refractivity contribution in [2.24, 2.45) is 17.8 Å². The molecule has 1 aromatic heterocycles. The summed E-state index contributed by atoms with van der Waals surface area (Å²) >= 11 is 6.14. The number of nitrogens with zero attached hydrogens (tertiary/aromatic N) is 3. The molecule has 3 fully saturated rings. The van der Waals surface area contributed by atoms with Crippen LogP contribution >= 0.6 is 11.6 Å². The van der Waals surface area contributed by atoms with Gasteiger partial charge in [-0.3, -0.25) is 0 Å². The predicted molar refractivity (Wildman–Crippen MR) is 116 cm³/mol. The highest BCUT2D eigenvalue weighted by atomic mass is 35.5. The Kier molecular flexibility index (Phi) is 5.89. The molecular weight excluding hydrogens is 403 g/mol. The van der Waals surface area contributed by atoms with Gasteiger partial charge in [0.2, 0.25) is 0 Å². The molecule has 3 heterocycles. The predicted octanol–water partition coefficient (Wildman–Crippen LogP) is 4.49. The number of nitrogens with one attached hydrogen (secondary N) is 1. The summed E-state index contributed by atoms with van der Waals surface area (Å²) in [5, 5.41) is 12.4. The van der Waals surface area contributed by atoms with Gasteiger partial charge in [0.15, 0.2) is 0 Å². The highest BCUT2D eigenvalue weighted by molar-refractivity contribution is 6.33. The van der Waals surface area contributed by atoms with Gasteiger partial charge in [-0.25, -0.2) is 4.39 Å². The fourth-order valence-corrected chi connectivity index (χ4v) is 5.71. The van der Waals surface area contributed by atoms with Crippen LogP contribution in [-0.4, -0.2) is 54.0 Å². The van der Waals surface area contributed by atoms with E-state index in [9.17, 15) is 4.39 Å². The molecule has 1 N–H and O–H groups in total. The van der Waals surface area contributed by atoms with Crippen LogP contribution in [0.3, 0.4) is 0 Å². The first kappa shape index (κ1) is 20.2. The molecule has 0 bridgehead atoms. The van der Waals surface area contributed by atoms with Crippen LogP contribution in [0.1, 0.15) is 25.7 Å². The van der Waals surface area contributed by atoms with Crippen molar-refractivity contribution in [3.8, 4) is 11.3 Å². The summed E-state index contributed by atoms with van der Waals surface area (Å²) in [6.07, 6.45) is 4.78. The zero-order valence-electron chi connectivity index (χ0n) is 17.1. The molecular formula is C23H28ClFN4O. The van der Waals surface area contributed by atoms with Crippen molar-refractivity contribution in [3.63, 3.8) is 0 Å². The summed E-state index contributed by atoms with van der Waals surface area (Å²) in [6, 6.07) is 8.73. The smallest absolute Gasteiger partial charge is 0.148 e. The summed E-state index contributed by atoms with van der Waals surface area (Å²) < 4.78 is 19.6. The van der Waals surface area contributed by atoms with Crippen molar-refractivity contribution >= 4 is 17.4 Å². The van der Waals surface area contributed by atoms with E-state index < -0.39 is 0 Å². The Labute approximate surface area is 182 Å². The molecule has 0 amide bonds. The van der Waals surface area contributed by atoms with Crippen molar-refractivity contribution in [1.82, 2.24) is 15.1 Å². The molecule has 2 aromatic rings. The number of likely N-dealkylation sites (tertiary alicyclic amines) is 1. The molecule has 0 spiro atoms. The number of rotatable bonds is 5. The third-order valence-electron chi connectivity index (χ3n) is 6.92. The fourth-order valence-electron chi connectivity index (χ4n) is 5.45. The van der Waals surface area contributed by atoms with Gasteiger partial charge in [-0.15, -0.1) is 10.2 Å². The molecule has 2 aliphatic heterocycles. The zero-order chi connectivity index (χ0) is 20.5. The van der Waals surface area contributed by atoms with Crippen molar-refractivity contribution < 1.29 is 9.13 Å². The number of hydrogen-bond donors (Lipinski definition) is 1. The van der Waals surface area contributed by atoms with E-state index in [4.69, 9.17) is 16.3 Å². The molecule has 1 saturated carbocycles. The van der Waals surface area contributed by atoms with Crippen molar-refractivity contribution in [3.05, 3.63) is 41.2 Å². The van der Waals surface area contributed by atoms with Crippen LogP contribution in [0.4, 0.5) is 10.2 Å². The summed E-state index contributed by atoms with van der Waals surface area (Å²) in [5.74, 6) is 2.71. The van der Waals surface area contributed by atoms with Crippen LogP contribution < -0.4 is 5.32 Å². The van der Waals surface area contributed by atoms with Crippen LogP contribution in [-0.2, 0) is 4.74 Å². The van der Waals surface area contributed by atoms with Gasteiger partial charge in [-0.1, -0.05) is 17.7 Å². The standard InChI is InChI=1S/C23H28ClFN4O/c24-19-2-1-3-20(25)23(19)21-4-5-22(28-27-21)26-18-10-16-13-29(14-17(16)11-18)12-15-6-8-30-9-7-15/h1-5,15-18H,6-14H2,(H,26,28)/t16-,17?,18?/m1/s1. The van der Waals surface area contributed by atoms with Gasteiger partial charge in [0.25, 0.3) is 0 Å². The van der Waals surface area contributed by atoms with E-state index in [2.05, 4.69) is 20.4 Å². The summed E-state index contributed by atoms with van der Waals surface area (Å²) in [5.41, 5.74) is 0.758. The van der Waals surface area contributed by atoms with Crippen LogP contribution in [0, 0.1) is 23.6 Å². The Morgan fingerprint density at radius 1 is 1.07 bits per heavy atom. The molecule has 1 aromatic carbocycles. The third-order valence-corrected chi connectivity index (χ3v) is 7.23. The molecule has 2 unspecified atom stereocenters. The Hall–Kier alpha value is -1.76. The van der Waals surface area contributed by atoms with Gasteiger partial charge in [0.1, 0.15) is 11.6 Å². The van der Waals surface area contributed by atoms with Gasteiger partial charge in [0.05, 0.1) is 16.3 Å². The maximum Gasteiger partial charge on any atom is 0.148 e. The first-order valence-electron chi connectivity index (χ1n) is 11.0. The van der Waals surface area contributed by atoms with E-state index in [0.717, 1.165) is 36.8 Å². The largest absolute Gasteiger partial charge is 0.381 e. The average molecular weight is 431 g/mol. The maximum absolute atomic E-state index is 14.1. The zero-order valence-corrected chi connectivity index (χ0v) is 17.8. The van der Waals surface area contributed by atoms with E-state index in [-0.39, 0.29) is 5.82 Å². The molecule has 7 heteroatoms. The molecule has 1 aliphatic carbocycles. The fraction of sp³-hybridized carbons (Fsp3) is 0.565. The molecule has 30 heavy (non-hydrogen) atoms. The number of aromatic nitrogens is 2. The van der Waals surface area contributed by atoms with E-state index >= 15 is 0 Å². The first-order valence-corrected chi connectivity index (χ1v) is 11.4. The second-order valence-corrected chi connectivity index (χ2v) is 9.41. The van der Waals surface area contributed by atoms with Crippen LogP contribution in [0.5, 0.6) is 0 Å². The summed E-state index contributed by atoms with van der Waals surface area (Å²) in [7, 11) is 0. The number of halogens is 2. The van der Waals surface area contributed by atoms with Gasteiger partial charge in [0, 0.05) is 38.9 Å². The van der Waals surface area contributed by atoms with Crippen LogP contribution in [0.2, 0.25) is 5.02 Å². The topological polar surface area (TPSA) is 50.3 Å². The minimum Gasteiger partial charge on any atom is -0.381 e. The minimum atomic E-state index is -0.383. The number of hydrogen-bond acceptors (Lipinski definition) is 5. The molecule has 5 nitrogen and oxygen atoms in total. The lowest BCUT2D eigenvalue weighted by Gasteiger charge is -2.27. The Balaban J connectivity index is 1.15. The van der Waals surface area contributed by atoms with E-state index in [1.165, 1.54) is 51.4 Å². The van der Waals surface area contributed by atoms with Gasteiger partial charge >= 0.3 is 0 Å². The molecule has 160 valence electrons. The van der Waals surface area contributed by atoms with Crippen molar-refractivity contribution in [2.45, 2.75) is 31.7 Å². The number of ether oxygens (including phenoxy) is 1. The Morgan fingerprint density at radius 3 is 2.50 bits per heavy atom. The van der Waals surface area contributed by atoms with Crippen molar-refractivity contribution in [1.29, 1.82) is 0 Å². The number of benzene rings is 1. The SMILES string of the molecule is Fc1cccc(Cl)c1-c1ccc(NC2CC3CN(CC4CCOCC4)C[C@H]3C2)nn1. The summed E-state index contributed by atoms with van der Waals surface area (Å²) in [4.78, 5) is 2.67. The highest BCUT2D eigenvalue weighted by Gasteiger charge is 2.41. The van der Waals surface area contributed by atoms with Gasteiger partial charge in [-0.2, -0.15) is 0 Å². The lowest BCUT2D eigenvalue weighted by molar-refractivity contribution is 0.0545. The van der Waals surface area contributed by atoms with Gasteiger partial charge < -0.3 is 15.0 Å². The van der Waals surface area contributed by atoms with E-state index in [1.54, 1.807) is 18.2 Å². The number of fused-ring (bicyclic) bond motifs is 1. The van der Waals surface area contributed by atoms with Crippen LogP contribution in [0.25, 0.3) is 11.3 Å². The Morgan fingerprint density at radius 2 is 1.83 bits per heavy atom. The van der Waals surface area contributed by atoms with Gasteiger partial charge in [-0.05, 0) is 67.7 Å². The quantitative estimate of drug-likeness (QED) is 0.757. The number of anilines is 1. The molecule has 2 saturated heterocycles. The van der Waals surface area contributed by atoms with E-state index in [0.29, 0.717) is 22.3 Å².